The molecule has 1 aliphatic heterocycles. The monoisotopic (exact) mass is 295 g/mol. The summed E-state index contributed by atoms with van der Waals surface area (Å²) in [7, 11) is -1.59. The van der Waals surface area contributed by atoms with Crippen molar-refractivity contribution in [2.75, 3.05) is 26.0 Å². The van der Waals surface area contributed by atoms with Gasteiger partial charge in [0, 0.05) is 18.7 Å². The van der Waals surface area contributed by atoms with Crippen LogP contribution in [0.4, 0.5) is 0 Å². The molecule has 1 aromatic rings. The van der Waals surface area contributed by atoms with Crippen molar-refractivity contribution in [3.8, 4) is 17.6 Å². The van der Waals surface area contributed by atoms with Crippen molar-refractivity contribution in [2.45, 2.75) is 13.0 Å². The van der Waals surface area contributed by atoms with Crippen LogP contribution < -0.4 is 4.74 Å². The summed E-state index contributed by atoms with van der Waals surface area (Å²) < 4.78 is 30.4. The zero-order valence-corrected chi connectivity index (χ0v) is 12.1. The van der Waals surface area contributed by atoms with Gasteiger partial charge in [0.25, 0.3) is 0 Å². The molecule has 0 unspecified atom stereocenters. The predicted octanol–water partition coefficient (Wildman–Crippen LogP) is 0.574. The highest BCUT2D eigenvalue weighted by Crippen LogP contribution is 2.22. The lowest BCUT2D eigenvalue weighted by atomic mass is 10.1. The molecule has 0 saturated carbocycles. The third-order valence-corrected chi connectivity index (χ3v) is 5.07. The Balaban J connectivity index is 2.33. The van der Waals surface area contributed by atoms with Gasteiger partial charge < -0.3 is 9.84 Å². The van der Waals surface area contributed by atoms with Gasteiger partial charge in [-0.2, -0.15) is 4.31 Å². The molecule has 2 rings (SSSR count). The minimum atomic E-state index is -3.15. The second-order valence-electron chi connectivity index (χ2n) is 4.49. The van der Waals surface area contributed by atoms with Gasteiger partial charge in [-0.3, -0.25) is 0 Å². The van der Waals surface area contributed by atoms with Crippen molar-refractivity contribution in [1.29, 1.82) is 0 Å². The molecule has 1 saturated heterocycles. The molecular weight excluding hydrogens is 278 g/mol. The fourth-order valence-electron chi connectivity index (χ4n) is 2.14. The van der Waals surface area contributed by atoms with Crippen LogP contribution in [0, 0.1) is 11.8 Å². The summed E-state index contributed by atoms with van der Waals surface area (Å²) in [5.74, 6) is 6.28. The van der Waals surface area contributed by atoms with E-state index in [1.807, 2.05) is 0 Å². The molecule has 0 spiro atoms. The maximum Gasteiger partial charge on any atom is 0.214 e. The molecular formula is C14H17NO4S. The van der Waals surface area contributed by atoms with Gasteiger partial charge in [0.2, 0.25) is 10.0 Å². The lowest BCUT2D eigenvalue weighted by Gasteiger charge is -2.16. The average molecular weight is 295 g/mol. The van der Waals surface area contributed by atoms with Crippen LogP contribution >= 0.6 is 0 Å². The topological polar surface area (TPSA) is 66.8 Å². The Morgan fingerprint density at radius 3 is 2.85 bits per heavy atom. The third-order valence-electron chi connectivity index (χ3n) is 3.16. The summed E-state index contributed by atoms with van der Waals surface area (Å²) in [6, 6.07) is 5.33. The van der Waals surface area contributed by atoms with Gasteiger partial charge in [-0.1, -0.05) is 11.8 Å². The molecule has 20 heavy (non-hydrogen) atoms. The van der Waals surface area contributed by atoms with Crippen molar-refractivity contribution in [3.05, 3.63) is 29.3 Å². The highest BCUT2D eigenvalue weighted by Gasteiger charge is 2.28. The van der Waals surface area contributed by atoms with Gasteiger partial charge in [-0.15, -0.1) is 0 Å². The van der Waals surface area contributed by atoms with Gasteiger partial charge >= 0.3 is 0 Å². The van der Waals surface area contributed by atoms with Crippen molar-refractivity contribution in [1.82, 2.24) is 4.31 Å². The third kappa shape index (κ3) is 3.31. The van der Waals surface area contributed by atoms with Gasteiger partial charge in [0.05, 0.1) is 12.9 Å². The highest BCUT2D eigenvalue weighted by molar-refractivity contribution is 7.89. The Morgan fingerprint density at radius 1 is 1.45 bits per heavy atom. The maximum absolute atomic E-state index is 11.9. The first-order chi connectivity index (χ1) is 9.56. The van der Waals surface area contributed by atoms with Crippen LogP contribution in [0.25, 0.3) is 0 Å². The van der Waals surface area contributed by atoms with Crippen molar-refractivity contribution in [3.63, 3.8) is 0 Å². The summed E-state index contributed by atoms with van der Waals surface area (Å²) >= 11 is 0. The van der Waals surface area contributed by atoms with E-state index in [2.05, 4.69) is 11.8 Å². The number of hydrogen-bond acceptors (Lipinski definition) is 4. The summed E-state index contributed by atoms with van der Waals surface area (Å²) in [4.78, 5) is 0. The molecule has 6 heteroatoms. The first kappa shape index (κ1) is 14.9. The molecule has 0 aliphatic carbocycles. The number of aliphatic hydroxyl groups is 1. The van der Waals surface area contributed by atoms with E-state index in [1.165, 1.54) is 4.31 Å². The van der Waals surface area contributed by atoms with E-state index >= 15 is 0 Å². The fraction of sp³-hybridized carbons (Fsp3) is 0.429. The molecule has 1 aliphatic rings. The van der Waals surface area contributed by atoms with Crippen molar-refractivity contribution >= 4 is 10.0 Å². The van der Waals surface area contributed by atoms with E-state index in [9.17, 15) is 8.42 Å². The Labute approximate surface area is 119 Å². The molecule has 108 valence electrons. The Bertz CT molecular complexity index is 643. The van der Waals surface area contributed by atoms with Crippen LogP contribution in [0.3, 0.4) is 0 Å². The van der Waals surface area contributed by atoms with Crippen molar-refractivity contribution in [2.24, 2.45) is 0 Å². The lowest BCUT2D eigenvalue weighted by molar-refractivity contribution is 0.350. The molecule has 1 heterocycles. The van der Waals surface area contributed by atoms with Crippen LogP contribution in [-0.2, 0) is 16.6 Å². The van der Waals surface area contributed by atoms with Crippen molar-refractivity contribution < 1.29 is 18.3 Å². The smallest absolute Gasteiger partial charge is 0.214 e. The van der Waals surface area contributed by atoms with Crippen LogP contribution in [0.15, 0.2) is 18.2 Å². The van der Waals surface area contributed by atoms with Crippen LogP contribution in [0.5, 0.6) is 5.75 Å². The molecule has 5 nitrogen and oxygen atoms in total. The van der Waals surface area contributed by atoms with E-state index < -0.39 is 10.0 Å². The van der Waals surface area contributed by atoms with Gasteiger partial charge in [0.15, 0.2) is 0 Å². The Kier molecular flexibility index (Phi) is 4.65. The maximum atomic E-state index is 11.9. The number of aliphatic hydroxyl groups excluding tert-OH is 1. The summed E-state index contributed by atoms with van der Waals surface area (Å²) in [5, 5.41) is 8.78. The van der Waals surface area contributed by atoms with Crippen LogP contribution in [-0.4, -0.2) is 43.8 Å². The largest absolute Gasteiger partial charge is 0.497 e. The summed E-state index contributed by atoms with van der Waals surface area (Å²) in [6.07, 6.45) is 0.657. The average Bonchev–Trinajstić information content (AvgIpc) is 2.76. The number of benzene rings is 1. The SMILES string of the molecule is COc1ccc(C#CCO)c(CN2CCCS2(=O)=O)c1. The Hall–Kier alpha value is -1.55. The molecule has 0 atom stereocenters. The number of nitrogens with zero attached hydrogens (tertiary/aromatic N) is 1. The van der Waals surface area contributed by atoms with E-state index in [-0.39, 0.29) is 18.9 Å². The normalized spacial score (nSPS) is 17.5. The molecule has 1 fully saturated rings. The highest BCUT2D eigenvalue weighted by atomic mass is 32.2. The number of ether oxygens (including phenoxy) is 1. The predicted molar refractivity (Wildman–Crippen MR) is 75.8 cm³/mol. The molecule has 1 N–H and O–H groups in total. The van der Waals surface area contributed by atoms with Gasteiger partial charge in [-0.25, -0.2) is 8.42 Å². The minimum Gasteiger partial charge on any atom is -0.497 e. The molecule has 0 bridgehead atoms. The second kappa shape index (κ2) is 6.27. The fourth-order valence-corrected chi connectivity index (χ4v) is 3.64. The minimum absolute atomic E-state index is 0.203. The number of hydrogen-bond donors (Lipinski definition) is 1. The van der Waals surface area contributed by atoms with E-state index in [0.717, 1.165) is 5.56 Å². The lowest BCUT2D eigenvalue weighted by Crippen LogP contribution is -2.25. The quantitative estimate of drug-likeness (QED) is 0.828. The van der Waals surface area contributed by atoms with Gasteiger partial charge in [-0.05, 0) is 30.2 Å². The van der Waals surface area contributed by atoms with E-state index in [4.69, 9.17) is 9.84 Å². The molecule has 1 aromatic carbocycles. The second-order valence-corrected chi connectivity index (χ2v) is 6.57. The first-order valence-corrected chi connectivity index (χ1v) is 7.92. The van der Waals surface area contributed by atoms with Crippen LogP contribution in [0.2, 0.25) is 0 Å². The molecule has 0 radical (unpaired) electrons. The van der Waals surface area contributed by atoms with E-state index in [1.54, 1.807) is 25.3 Å². The standard InChI is InChI=1S/C14H17NO4S/c1-19-14-6-5-12(4-2-8-16)13(10-14)11-15-7-3-9-20(15,17)18/h5-6,10,16H,3,7-9,11H2,1H3. The van der Waals surface area contributed by atoms with Gasteiger partial charge in [0.1, 0.15) is 12.4 Å². The van der Waals surface area contributed by atoms with Crippen LogP contribution in [0.1, 0.15) is 17.5 Å². The van der Waals surface area contributed by atoms with E-state index in [0.29, 0.717) is 24.3 Å². The molecule has 0 amide bonds. The summed E-state index contributed by atoms with van der Waals surface area (Å²) in [6.45, 7) is 0.592. The zero-order valence-electron chi connectivity index (χ0n) is 11.3. The number of rotatable bonds is 3. The first-order valence-electron chi connectivity index (χ1n) is 6.31. The molecule has 0 aromatic heterocycles. The summed E-state index contributed by atoms with van der Waals surface area (Å²) in [5.41, 5.74) is 1.50. The Morgan fingerprint density at radius 2 is 2.25 bits per heavy atom. The zero-order chi connectivity index (χ0) is 14.6. The number of sulfonamides is 1. The number of methoxy groups -OCH3 is 1.